The minimum Gasteiger partial charge on any atom is -0.344 e. The van der Waals surface area contributed by atoms with Gasteiger partial charge in [-0.15, -0.1) is 12.4 Å². The Kier molecular flexibility index (Phi) is 7.20. The Morgan fingerprint density at radius 1 is 1.24 bits per heavy atom. The summed E-state index contributed by atoms with van der Waals surface area (Å²) in [6.45, 7) is 2.88. The predicted molar refractivity (Wildman–Crippen MR) is 89.6 cm³/mol. The third-order valence-electron chi connectivity index (χ3n) is 4.34. The first-order valence-corrected chi connectivity index (χ1v) is 7.65. The Balaban J connectivity index is 0.00000220. The van der Waals surface area contributed by atoms with Crippen LogP contribution in [0.2, 0.25) is 0 Å². The topological polar surface area (TPSA) is 46.3 Å². The van der Waals surface area contributed by atoms with Gasteiger partial charge in [0.05, 0.1) is 0 Å². The minimum atomic E-state index is -0.538. The Morgan fingerprint density at radius 3 is 2.38 bits per heavy atom. The van der Waals surface area contributed by atoms with Gasteiger partial charge in [0, 0.05) is 13.6 Å². The zero-order valence-electron chi connectivity index (χ0n) is 13.0. The van der Waals surface area contributed by atoms with Gasteiger partial charge in [-0.05, 0) is 31.2 Å². The number of nitrogens with zero attached hydrogens (tertiary/aromatic N) is 1. The van der Waals surface area contributed by atoms with E-state index in [9.17, 15) is 4.79 Å². The molecule has 1 aliphatic carbocycles. The number of benzene rings is 1. The normalized spacial score (nSPS) is 16.9. The average Bonchev–Trinajstić information content (AvgIpc) is 2.47. The highest BCUT2D eigenvalue weighted by Crippen LogP contribution is 2.25. The highest BCUT2D eigenvalue weighted by Gasteiger charge is 2.23. The van der Waals surface area contributed by atoms with Crippen molar-refractivity contribution in [2.75, 3.05) is 13.6 Å². The minimum absolute atomic E-state index is 0. The molecule has 0 heterocycles. The van der Waals surface area contributed by atoms with Gasteiger partial charge in [0.2, 0.25) is 5.91 Å². The molecule has 1 amide bonds. The number of halogens is 1. The van der Waals surface area contributed by atoms with E-state index in [1.807, 2.05) is 43.1 Å². The van der Waals surface area contributed by atoms with Crippen LogP contribution < -0.4 is 5.73 Å². The van der Waals surface area contributed by atoms with Gasteiger partial charge in [0.15, 0.2) is 0 Å². The molecule has 2 rings (SSSR count). The first-order chi connectivity index (χ1) is 9.58. The summed E-state index contributed by atoms with van der Waals surface area (Å²) in [7, 11) is 1.88. The fourth-order valence-corrected chi connectivity index (χ4v) is 3.00. The van der Waals surface area contributed by atoms with Gasteiger partial charge in [0.25, 0.3) is 0 Å². The zero-order valence-corrected chi connectivity index (χ0v) is 13.9. The van der Waals surface area contributed by atoms with Gasteiger partial charge >= 0.3 is 0 Å². The van der Waals surface area contributed by atoms with Crippen LogP contribution >= 0.6 is 12.4 Å². The zero-order chi connectivity index (χ0) is 14.5. The maximum atomic E-state index is 12.4. The third kappa shape index (κ3) is 5.01. The molecule has 2 N–H and O–H groups in total. The van der Waals surface area contributed by atoms with E-state index in [1.54, 1.807) is 0 Å². The van der Waals surface area contributed by atoms with Crippen LogP contribution in [0.25, 0.3) is 0 Å². The third-order valence-corrected chi connectivity index (χ3v) is 4.34. The van der Waals surface area contributed by atoms with Crippen molar-refractivity contribution in [3.8, 4) is 0 Å². The Hall–Kier alpha value is -1.06. The lowest BCUT2D eigenvalue weighted by molar-refractivity contribution is -0.132. The summed E-state index contributed by atoms with van der Waals surface area (Å²) >= 11 is 0. The number of rotatable bonds is 4. The second-order valence-electron chi connectivity index (χ2n) is 6.11. The number of hydrogen-bond donors (Lipinski definition) is 1. The first kappa shape index (κ1) is 18.0. The lowest BCUT2D eigenvalue weighted by Gasteiger charge is -2.28. The predicted octanol–water partition coefficient (Wildman–Crippen LogP) is 3.46. The molecule has 0 aliphatic heterocycles. The van der Waals surface area contributed by atoms with Gasteiger partial charge in [-0.2, -0.15) is 0 Å². The van der Waals surface area contributed by atoms with Crippen molar-refractivity contribution in [3.05, 3.63) is 35.4 Å². The van der Waals surface area contributed by atoms with Crippen molar-refractivity contribution >= 4 is 18.3 Å². The van der Waals surface area contributed by atoms with E-state index in [4.69, 9.17) is 5.73 Å². The van der Waals surface area contributed by atoms with Gasteiger partial charge in [-0.25, -0.2) is 0 Å². The Bertz CT molecular complexity index is 441. The molecule has 0 radical (unpaired) electrons. The van der Waals surface area contributed by atoms with Gasteiger partial charge in [-0.1, -0.05) is 49.1 Å². The van der Waals surface area contributed by atoms with Crippen LogP contribution in [0, 0.1) is 12.8 Å². The number of carbonyl (C=O) groups is 1. The van der Waals surface area contributed by atoms with Gasteiger partial charge in [-0.3, -0.25) is 4.79 Å². The van der Waals surface area contributed by atoms with Crippen LogP contribution in [0.3, 0.4) is 0 Å². The summed E-state index contributed by atoms with van der Waals surface area (Å²) in [6.07, 6.45) is 6.44. The van der Waals surface area contributed by atoms with Crippen LogP contribution in [0.5, 0.6) is 0 Å². The number of likely N-dealkylation sites (N-methyl/N-ethyl adjacent to an activating group) is 1. The van der Waals surface area contributed by atoms with Crippen LogP contribution in [0.4, 0.5) is 0 Å². The fourth-order valence-electron chi connectivity index (χ4n) is 3.00. The van der Waals surface area contributed by atoms with Gasteiger partial charge < -0.3 is 10.6 Å². The first-order valence-electron chi connectivity index (χ1n) is 7.65. The second kappa shape index (κ2) is 8.40. The Morgan fingerprint density at radius 2 is 1.81 bits per heavy atom. The van der Waals surface area contributed by atoms with E-state index in [0.717, 1.165) is 12.1 Å². The molecule has 1 fully saturated rings. The molecule has 1 atom stereocenters. The molecule has 1 saturated carbocycles. The van der Waals surface area contributed by atoms with E-state index < -0.39 is 6.04 Å². The highest BCUT2D eigenvalue weighted by molar-refractivity contribution is 5.85. The van der Waals surface area contributed by atoms with Crippen molar-refractivity contribution in [2.24, 2.45) is 11.7 Å². The van der Waals surface area contributed by atoms with Crippen LogP contribution in [0.1, 0.15) is 49.3 Å². The number of carbonyl (C=O) groups excluding carboxylic acids is 1. The van der Waals surface area contributed by atoms with Gasteiger partial charge in [0.1, 0.15) is 6.04 Å². The lowest BCUT2D eigenvalue weighted by Crippen LogP contribution is -2.39. The molecule has 1 aromatic carbocycles. The van der Waals surface area contributed by atoms with Crippen molar-refractivity contribution in [1.82, 2.24) is 4.90 Å². The molecule has 118 valence electrons. The molecule has 1 aliphatic rings. The SMILES string of the molecule is Cc1ccc(C(N)C(=O)N(C)CC2CCCCC2)cc1.Cl. The summed E-state index contributed by atoms with van der Waals surface area (Å²) < 4.78 is 0. The molecule has 0 saturated heterocycles. The number of aryl methyl sites for hydroxylation is 1. The van der Waals surface area contributed by atoms with Crippen molar-refractivity contribution in [1.29, 1.82) is 0 Å². The molecule has 3 nitrogen and oxygen atoms in total. The molecule has 4 heteroatoms. The number of nitrogens with two attached hydrogens (primary N) is 1. The summed E-state index contributed by atoms with van der Waals surface area (Å²) in [6, 6.07) is 7.37. The quantitative estimate of drug-likeness (QED) is 0.925. The number of hydrogen-bond acceptors (Lipinski definition) is 2. The largest absolute Gasteiger partial charge is 0.344 e. The number of amides is 1. The van der Waals surface area contributed by atoms with Crippen LogP contribution in [-0.2, 0) is 4.79 Å². The molecule has 1 aromatic rings. The smallest absolute Gasteiger partial charge is 0.243 e. The maximum absolute atomic E-state index is 12.4. The molecule has 1 unspecified atom stereocenters. The molecular formula is C17H27ClN2O. The van der Waals surface area contributed by atoms with Crippen molar-refractivity contribution < 1.29 is 4.79 Å². The standard InChI is InChI=1S/C17H26N2O.ClH/c1-13-8-10-15(11-9-13)16(18)17(20)19(2)12-14-6-4-3-5-7-14;/h8-11,14,16H,3-7,12,18H2,1-2H3;1H. The van der Waals surface area contributed by atoms with Crippen LogP contribution in [-0.4, -0.2) is 24.4 Å². The fraction of sp³-hybridized carbons (Fsp3) is 0.588. The molecule has 0 aromatic heterocycles. The summed E-state index contributed by atoms with van der Waals surface area (Å²) in [5, 5.41) is 0. The monoisotopic (exact) mass is 310 g/mol. The lowest BCUT2D eigenvalue weighted by atomic mass is 9.89. The Labute approximate surface area is 134 Å². The maximum Gasteiger partial charge on any atom is 0.243 e. The van der Waals surface area contributed by atoms with E-state index in [2.05, 4.69) is 0 Å². The molecule has 21 heavy (non-hydrogen) atoms. The van der Waals surface area contributed by atoms with Crippen molar-refractivity contribution in [3.63, 3.8) is 0 Å². The second-order valence-corrected chi connectivity index (χ2v) is 6.11. The molecule has 0 bridgehead atoms. The van der Waals surface area contributed by atoms with E-state index >= 15 is 0 Å². The van der Waals surface area contributed by atoms with E-state index in [-0.39, 0.29) is 18.3 Å². The highest BCUT2D eigenvalue weighted by atomic mass is 35.5. The summed E-state index contributed by atoms with van der Waals surface area (Å²) in [5.74, 6) is 0.683. The van der Waals surface area contributed by atoms with E-state index in [1.165, 1.54) is 37.7 Å². The van der Waals surface area contributed by atoms with Crippen LogP contribution in [0.15, 0.2) is 24.3 Å². The molecule has 0 spiro atoms. The summed E-state index contributed by atoms with van der Waals surface area (Å²) in [5.41, 5.74) is 8.19. The molecular weight excluding hydrogens is 284 g/mol. The summed E-state index contributed by atoms with van der Waals surface area (Å²) in [4.78, 5) is 14.2. The average molecular weight is 311 g/mol. The van der Waals surface area contributed by atoms with E-state index in [0.29, 0.717) is 5.92 Å². The van der Waals surface area contributed by atoms with Crippen molar-refractivity contribution in [2.45, 2.75) is 45.1 Å².